The van der Waals surface area contributed by atoms with Crippen molar-refractivity contribution in [2.75, 3.05) is 13.2 Å². The number of fused-ring (bicyclic) bond motifs is 1. The summed E-state index contributed by atoms with van der Waals surface area (Å²) in [5.74, 6) is -2.79. The van der Waals surface area contributed by atoms with Crippen LogP contribution in [0.1, 0.15) is 53.0 Å². The Balaban J connectivity index is 1.36. The minimum absolute atomic E-state index is 0.196. The molecule has 0 saturated heterocycles. The van der Waals surface area contributed by atoms with Crippen molar-refractivity contribution in [1.82, 2.24) is 15.6 Å². The van der Waals surface area contributed by atoms with Crippen molar-refractivity contribution in [3.63, 3.8) is 0 Å². The summed E-state index contributed by atoms with van der Waals surface area (Å²) < 4.78 is 18.8. The van der Waals surface area contributed by atoms with E-state index in [4.69, 9.17) is 10.5 Å². The van der Waals surface area contributed by atoms with Crippen molar-refractivity contribution in [3.05, 3.63) is 71.7 Å². The molecule has 1 heterocycles. The van der Waals surface area contributed by atoms with Crippen molar-refractivity contribution >= 4 is 34.5 Å². The summed E-state index contributed by atoms with van der Waals surface area (Å²) in [7, 11) is 0. The molecular formula is C28H31FN4O5. The number of hydrogen-bond acceptors (Lipinski definition) is 6. The summed E-state index contributed by atoms with van der Waals surface area (Å²) >= 11 is 0. The molecule has 10 heteroatoms. The fraction of sp³-hybridized carbons (Fsp3) is 0.357. The number of carbonyl (C=O) groups is 4. The lowest BCUT2D eigenvalue weighted by Crippen LogP contribution is -2.51. The third-order valence-corrected chi connectivity index (χ3v) is 6.73. The molecular weight excluding hydrogens is 491 g/mol. The molecule has 3 atom stereocenters. The number of hydrogen-bond donors (Lipinski definition) is 4. The van der Waals surface area contributed by atoms with E-state index < -0.39 is 41.6 Å². The maximum atomic E-state index is 13.5. The Morgan fingerprint density at radius 1 is 1.08 bits per heavy atom. The van der Waals surface area contributed by atoms with Crippen LogP contribution in [-0.2, 0) is 14.3 Å². The first kappa shape index (κ1) is 27.0. The van der Waals surface area contributed by atoms with Gasteiger partial charge in [-0.3, -0.25) is 19.2 Å². The van der Waals surface area contributed by atoms with Gasteiger partial charge in [0.15, 0.2) is 12.4 Å². The van der Waals surface area contributed by atoms with Crippen LogP contribution in [-0.4, -0.2) is 53.8 Å². The lowest BCUT2D eigenvalue weighted by atomic mass is 10.0. The Hall–Kier alpha value is -4.05. The Morgan fingerprint density at radius 2 is 1.87 bits per heavy atom. The van der Waals surface area contributed by atoms with E-state index in [0.717, 1.165) is 0 Å². The normalized spacial score (nSPS) is 17.6. The molecule has 200 valence electrons. The fourth-order valence-corrected chi connectivity index (χ4v) is 4.70. The summed E-state index contributed by atoms with van der Waals surface area (Å²) in [5.41, 5.74) is 6.88. The van der Waals surface area contributed by atoms with E-state index in [1.165, 1.54) is 24.3 Å². The van der Waals surface area contributed by atoms with E-state index in [9.17, 15) is 23.6 Å². The van der Waals surface area contributed by atoms with Crippen LogP contribution in [0.5, 0.6) is 0 Å². The van der Waals surface area contributed by atoms with E-state index in [0.29, 0.717) is 55.1 Å². The number of aromatic amines is 1. The third-order valence-electron chi connectivity index (χ3n) is 6.73. The number of ketones is 1. The lowest BCUT2D eigenvalue weighted by molar-refractivity contribution is -0.148. The van der Waals surface area contributed by atoms with Gasteiger partial charge in [-0.15, -0.1) is 0 Å². The maximum absolute atomic E-state index is 13.5. The van der Waals surface area contributed by atoms with Crippen molar-refractivity contribution in [1.29, 1.82) is 0 Å². The van der Waals surface area contributed by atoms with Gasteiger partial charge in [0.25, 0.3) is 5.91 Å². The molecule has 38 heavy (non-hydrogen) atoms. The minimum atomic E-state index is -0.883. The van der Waals surface area contributed by atoms with Crippen LogP contribution >= 0.6 is 0 Å². The Morgan fingerprint density at radius 3 is 2.63 bits per heavy atom. The molecule has 1 fully saturated rings. The van der Waals surface area contributed by atoms with Crippen LogP contribution in [0.4, 0.5) is 4.39 Å². The second kappa shape index (κ2) is 12.5. The number of carbonyl (C=O) groups excluding carboxylic acids is 4. The topological polar surface area (TPSA) is 143 Å². The first-order valence-electron chi connectivity index (χ1n) is 12.7. The van der Waals surface area contributed by atoms with Crippen LogP contribution in [0.3, 0.4) is 0 Å². The predicted molar refractivity (Wildman–Crippen MR) is 139 cm³/mol. The summed E-state index contributed by atoms with van der Waals surface area (Å²) in [6, 6.07) is 12.9. The van der Waals surface area contributed by atoms with Gasteiger partial charge in [-0.1, -0.05) is 36.8 Å². The summed E-state index contributed by atoms with van der Waals surface area (Å²) in [4.78, 5) is 54.0. The van der Waals surface area contributed by atoms with Gasteiger partial charge in [-0.25, -0.2) is 4.39 Å². The van der Waals surface area contributed by atoms with Crippen molar-refractivity contribution in [2.45, 2.75) is 44.2 Å². The molecule has 1 saturated carbocycles. The molecule has 0 spiro atoms. The van der Waals surface area contributed by atoms with Gasteiger partial charge in [0.2, 0.25) is 5.91 Å². The molecule has 0 radical (unpaired) electrons. The van der Waals surface area contributed by atoms with Gasteiger partial charge >= 0.3 is 5.97 Å². The molecule has 0 bridgehead atoms. The molecule has 5 N–H and O–H groups in total. The number of ether oxygens (including phenoxy) is 1. The van der Waals surface area contributed by atoms with Gasteiger partial charge in [-0.05, 0) is 56.5 Å². The Labute approximate surface area is 219 Å². The Kier molecular flexibility index (Phi) is 8.85. The molecule has 1 aliphatic rings. The maximum Gasteiger partial charge on any atom is 0.311 e. The monoisotopic (exact) mass is 522 g/mol. The smallest absolute Gasteiger partial charge is 0.311 e. The highest BCUT2D eigenvalue weighted by Gasteiger charge is 2.37. The molecule has 1 unspecified atom stereocenters. The molecule has 0 aliphatic heterocycles. The van der Waals surface area contributed by atoms with Crippen LogP contribution in [0.15, 0.2) is 54.6 Å². The van der Waals surface area contributed by atoms with Crippen LogP contribution < -0.4 is 16.4 Å². The number of aromatic nitrogens is 1. The largest absolute Gasteiger partial charge is 0.457 e. The zero-order valence-electron chi connectivity index (χ0n) is 20.9. The highest BCUT2D eigenvalue weighted by Crippen LogP contribution is 2.27. The van der Waals surface area contributed by atoms with Gasteiger partial charge in [-0.2, -0.15) is 0 Å². The molecule has 9 nitrogen and oxygen atoms in total. The Bertz CT molecular complexity index is 1310. The van der Waals surface area contributed by atoms with Crippen molar-refractivity contribution in [3.8, 4) is 0 Å². The summed E-state index contributed by atoms with van der Waals surface area (Å²) in [6.07, 6.45) is 2.60. The highest BCUT2D eigenvalue weighted by molar-refractivity contribution is 6.00. The van der Waals surface area contributed by atoms with Gasteiger partial charge < -0.3 is 26.1 Å². The zero-order chi connectivity index (χ0) is 27.1. The van der Waals surface area contributed by atoms with Crippen LogP contribution in [0.25, 0.3) is 10.9 Å². The summed E-state index contributed by atoms with van der Waals surface area (Å²) in [6.45, 7) is -0.0390. The molecule has 4 rings (SSSR count). The number of nitrogens with two attached hydrogens (primary N) is 1. The van der Waals surface area contributed by atoms with Crippen molar-refractivity contribution in [2.24, 2.45) is 11.7 Å². The van der Waals surface area contributed by atoms with E-state index >= 15 is 0 Å². The zero-order valence-corrected chi connectivity index (χ0v) is 20.9. The number of rotatable bonds is 11. The van der Waals surface area contributed by atoms with Gasteiger partial charge in [0, 0.05) is 22.5 Å². The van der Waals surface area contributed by atoms with Gasteiger partial charge in [0.1, 0.15) is 17.6 Å². The highest BCUT2D eigenvalue weighted by atomic mass is 19.1. The molecule has 1 aliphatic carbocycles. The molecule has 1 aromatic heterocycles. The van der Waals surface area contributed by atoms with E-state index in [1.807, 2.05) is 0 Å². The quantitative estimate of drug-likeness (QED) is 0.225. The fourth-order valence-electron chi connectivity index (χ4n) is 4.70. The number of Topliss-reactive ketones (excluding diaryl/α,β-unsaturated/α-hetero) is 1. The second-order valence-electron chi connectivity index (χ2n) is 9.42. The molecule has 3 aromatic rings. The number of benzene rings is 2. The van der Waals surface area contributed by atoms with E-state index in [2.05, 4.69) is 15.6 Å². The van der Waals surface area contributed by atoms with Gasteiger partial charge in [0.05, 0.1) is 5.92 Å². The molecule has 2 amide bonds. The number of amides is 2. The van der Waals surface area contributed by atoms with E-state index in [-0.39, 0.29) is 18.1 Å². The van der Waals surface area contributed by atoms with E-state index in [1.54, 1.807) is 30.3 Å². The third kappa shape index (κ3) is 6.63. The van der Waals surface area contributed by atoms with Crippen LogP contribution in [0, 0.1) is 11.7 Å². The first-order chi connectivity index (χ1) is 18.4. The number of H-pyrrole nitrogens is 1. The average Bonchev–Trinajstić information content (AvgIpc) is 3.56. The minimum Gasteiger partial charge on any atom is -0.457 e. The number of nitrogens with one attached hydrogen (secondary N) is 3. The van der Waals surface area contributed by atoms with Crippen LogP contribution in [0.2, 0.25) is 0 Å². The van der Waals surface area contributed by atoms with Crippen molar-refractivity contribution < 1.29 is 28.3 Å². The SMILES string of the molecule is NCCC[C@H](NC(=O)c1cc2cc(F)ccc2[nH]1)C(=O)NC1CCC[C@H]1C(=O)OCC(=O)c1ccccc1. The number of halogens is 1. The predicted octanol–water partition coefficient (Wildman–Crippen LogP) is 2.86. The average molecular weight is 523 g/mol. The first-order valence-corrected chi connectivity index (χ1v) is 12.7. The lowest BCUT2D eigenvalue weighted by Gasteiger charge is -2.24. The second-order valence-corrected chi connectivity index (χ2v) is 9.42. The number of esters is 1. The molecule has 2 aromatic carbocycles. The standard InChI is InChI=1S/C28H31FN4O5/c29-19-11-12-21-18(14-19)15-24(31-21)27(36)33-23(10-5-13-30)26(35)32-22-9-4-8-20(22)28(37)38-16-25(34)17-6-2-1-3-7-17/h1-3,6-7,11-12,14-15,20,22-23,31H,4-5,8-10,13,16,30H2,(H,32,35)(H,33,36)/t20-,22?,23+/m1/s1. The summed E-state index contributed by atoms with van der Waals surface area (Å²) in [5, 5.41) is 6.15.